The van der Waals surface area contributed by atoms with E-state index in [4.69, 9.17) is 14.8 Å². The number of carbonyl (C=O) groups excluding carboxylic acids is 1. The molecule has 0 aliphatic rings. The first-order chi connectivity index (χ1) is 17.1. The fourth-order valence-electron chi connectivity index (χ4n) is 3.65. The molecule has 190 valence electrons. The van der Waals surface area contributed by atoms with E-state index >= 15 is 0 Å². The van der Waals surface area contributed by atoms with Crippen LogP contribution in [-0.2, 0) is 11.3 Å². The molecule has 0 radical (unpaired) electrons. The number of hydrogen-bond donors (Lipinski definition) is 2. The van der Waals surface area contributed by atoms with Crippen molar-refractivity contribution in [3.05, 3.63) is 60.2 Å². The lowest BCUT2D eigenvalue weighted by atomic mass is 10.1. The highest BCUT2D eigenvalue weighted by Gasteiger charge is 2.23. The molecule has 0 bridgehead atoms. The van der Waals surface area contributed by atoms with Crippen molar-refractivity contribution in [3.8, 4) is 17.0 Å². The van der Waals surface area contributed by atoms with Crippen molar-refractivity contribution >= 4 is 33.2 Å². The standard InChI is InChI=1S/C27H34N6O2S/c1-18(2)35-21-14-12-19(13-15-21)16-28-22(34)17-32(6)26-31-33-24(30-27(3,4)5)23(29-25(33)36-26)20-10-8-7-9-11-20/h7-15,18,30H,16-17H2,1-6H3,(H,28,34). The highest BCUT2D eigenvalue weighted by Crippen LogP contribution is 2.34. The third kappa shape index (κ3) is 6.34. The molecule has 0 spiro atoms. The molecule has 0 fully saturated rings. The Morgan fingerprint density at radius 3 is 2.44 bits per heavy atom. The lowest BCUT2D eigenvalue weighted by molar-refractivity contribution is -0.119. The molecule has 0 unspecified atom stereocenters. The Balaban J connectivity index is 1.45. The number of nitrogens with one attached hydrogen (secondary N) is 2. The molecule has 4 aromatic rings. The van der Waals surface area contributed by atoms with Crippen LogP contribution in [0.2, 0.25) is 0 Å². The molecule has 0 aliphatic carbocycles. The molecule has 0 atom stereocenters. The van der Waals surface area contributed by atoms with Crippen LogP contribution in [-0.4, -0.2) is 45.7 Å². The van der Waals surface area contributed by atoms with Crippen molar-refractivity contribution in [2.24, 2.45) is 0 Å². The number of hydrogen-bond acceptors (Lipinski definition) is 7. The van der Waals surface area contributed by atoms with Gasteiger partial charge in [-0.1, -0.05) is 53.8 Å². The van der Waals surface area contributed by atoms with E-state index in [1.807, 2.05) is 84.9 Å². The lowest BCUT2D eigenvalue weighted by Crippen LogP contribution is -2.34. The number of aromatic nitrogens is 3. The van der Waals surface area contributed by atoms with Crippen LogP contribution in [0.15, 0.2) is 54.6 Å². The number of likely N-dealkylation sites (N-methyl/N-ethyl adjacent to an activating group) is 1. The Labute approximate surface area is 216 Å². The maximum Gasteiger partial charge on any atom is 0.239 e. The molecular formula is C27H34N6O2S. The van der Waals surface area contributed by atoms with Gasteiger partial charge in [0.25, 0.3) is 0 Å². The molecule has 0 aliphatic heterocycles. The average molecular weight is 507 g/mol. The number of benzene rings is 2. The third-order valence-electron chi connectivity index (χ3n) is 5.23. The zero-order valence-electron chi connectivity index (χ0n) is 21.7. The maximum atomic E-state index is 12.6. The first-order valence-corrected chi connectivity index (χ1v) is 12.9. The van der Waals surface area contributed by atoms with Crippen molar-refractivity contribution in [3.63, 3.8) is 0 Å². The molecule has 1 amide bonds. The van der Waals surface area contributed by atoms with Crippen molar-refractivity contribution < 1.29 is 9.53 Å². The Bertz CT molecular complexity index is 1310. The summed E-state index contributed by atoms with van der Waals surface area (Å²) >= 11 is 1.46. The van der Waals surface area contributed by atoms with Gasteiger partial charge in [-0.25, -0.2) is 4.98 Å². The van der Waals surface area contributed by atoms with Crippen LogP contribution in [0.25, 0.3) is 16.2 Å². The van der Waals surface area contributed by atoms with Gasteiger partial charge in [0.05, 0.1) is 12.6 Å². The number of anilines is 2. The molecule has 2 aromatic heterocycles. The van der Waals surface area contributed by atoms with E-state index in [0.717, 1.165) is 38.5 Å². The Morgan fingerprint density at radius 2 is 1.81 bits per heavy atom. The summed E-state index contributed by atoms with van der Waals surface area (Å²) in [5.41, 5.74) is 2.73. The van der Waals surface area contributed by atoms with Crippen LogP contribution in [0.3, 0.4) is 0 Å². The summed E-state index contributed by atoms with van der Waals surface area (Å²) in [5, 5.41) is 12.0. The molecule has 36 heavy (non-hydrogen) atoms. The Kier molecular flexibility index (Phi) is 7.49. The van der Waals surface area contributed by atoms with Gasteiger partial charge >= 0.3 is 0 Å². The second kappa shape index (κ2) is 10.6. The lowest BCUT2D eigenvalue weighted by Gasteiger charge is -2.22. The molecular weight excluding hydrogens is 472 g/mol. The smallest absolute Gasteiger partial charge is 0.239 e. The predicted molar refractivity (Wildman–Crippen MR) is 147 cm³/mol. The van der Waals surface area contributed by atoms with Gasteiger partial charge in [-0.05, 0) is 52.3 Å². The third-order valence-corrected chi connectivity index (χ3v) is 6.25. The summed E-state index contributed by atoms with van der Waals surface area (Å²) < 4.78 is 7.51. The second-order valence-electron chi connectivity index (χ2n) is 10.1. The van der Waals surface area contributed by atoms with Gasteiger partial charge in [0.1, 0.15) is 11.4 Å². The van der Waals surface area contributed by atoms with E-state index in [-0.39, 0.29) is 24.1 Å². The molecule has 0 saturated heterocycles. The summed E-state index contributed by atoms with van der Waals surface area (Å²) in [5.74, 6) is 1.59. The SMILES string of the molecule is CC(C)Oc1ccc(CNC(=O)CN(C)c2nn3c(NC(C)(C)C)c(-c4ccccc4)nc3s2)cc1. The molecule has 2 heterocycles. The number of ether oxygens (including phenoxy) is 1. The summed E-state index contributed by atoms with van der Waals surface area (Å²) in [6, 6.07) is 17.9. The monoisotopic (exact) mass is 506 g/mol. The topological polar surface area (TPSA) is 83.8 Å². The first-order valence-electron chi connectivity index (χ1n) is 12.1. The van der Waals surface area contributed by atoms with Gasteiger partial charge < -0.3 is 20.3 Å². The van der Waals surface area contributed by atoms with Gasteiger partial charge in [0, 0.05) is 24.7 Å². The largest absolute Gasteiger partial charge is 0.491 e. The number of carbonyl (C=O) groups is 1. The Morgan fingerprint density at radius 1 is 1.11 bits per heavy atom. The summed E-state index contributed by atoms with van der Waals surface area (Å²) in [6.07, 6.45) is 0.130. The van der Waals surface area contributed by atoms with E-state index in [1.165, 1.54) is 11.3 Å². The van der Waals surface area contributed by atoms with Crippen molar-refractivity contribution in [1.29, 1.82) is 0 Å². The summed E-state index contributed by atoms with van der Waals surface area (Å²) in [7, 11) is 1.87. The number of imidazole rings is 1. The van der Waals surface area contributed by atoms with Gasteiger partial charge in [-0.2, -0.15) is 4.52 Å². The van der Waals surface area contributed by atoms with E-state index in [1.54, 1.807) is 0 Å². The fourth-order valence-corrected chi connectivity index (χ4v) is 4.52. The minimum Gasteiger partial charge on any atom is -0.491 e. The first kappa shape index (κ1) is 25.5. The fraction of sp³-hybridized carbons (Fsp3) is 0.370. The molecule has 2 aromatic carbocycles. The van der Waals surface area contributed by atoms with E-state index in [2.05, 4.69) is 31.4 Å². The Hall–Kier alpha value is -3.59. The number of amides is 1. The van der Waals surface area contributed by atoms with Crippen LogP contribution >= 0.6 is 11.3 Å². The van der Waals surface area contributed by atoms with Crippen LogP contribution in [0.1, 0.15) is 40.2 Å². The van der Waals surface area contributed by atoms with Gasteiger partial charge in [-0.15, -0.1) is 5.10 Å². The van der Waals surface area contributed by atoms with Crippen LogP contribution in [0, 0.1) is 0 Å². The summed E-state index contributed by atoms with van der Waals surface area (Å²) in [4.78, 5) is 20.1. The maximum absolute atomic E-state index is 12.6. The van der Waals surface area contributed by atoms with Gasteiger partial charge in [-0.3, -0.25) is 4.79 Å². The van der Waals surface area contributed by atoms with E-state index in [9.17, 15) is 4.79 Å². The predicted octanol–water partition coefficient (Wildman–Crippen LogP) is 5.21. The van der Waals surface area contributed by atoms with Crippen molar-refractivity contribution in [2.75, 3.05) is 23.8 Å². The highest BCUT2D eigenvalue weighted by atomic mass is 32.1. The van der Waals surface area contributed by atoms with Gasteiger partial charge in [0.2, 0.25) is 16.0 Å². The molecule has 9 heteroatoms. The minimum atomic E-state index is -0.172. The quantitative estimate of drug-likeness (QED) is 0.324. The van der Waals surface area contributed by atoms with E-state index in [0.29, 0.717) is 6.54 Å². The normalized spacial score (nSPS) is 11.6. The van der Waals surface area contributed by atoms with Crippen molar-refractivity contribution in [2.45, 2.75) is 52.8 Å². The zero-order chi connectivity index (χ0) is 25.9. The van der Waals surface area contributed by atoms with Crippen LogP contribution < -0.4 is 20.3 Å². The van der Waals surface area contributed by atoms with E-state index < -0.39 is 0 Å². The number of rotatable bonds is 9. The number of fused-ring (bicyclic) bond motifs is 1. The average Bonchev–Trinajstić information content (AvgIpc) is 3.37. The summed E-state index contributed by atoms with van der Waals surface area (Å²) in [6.45, 7) is 11.0. The molecule has 0 saturated carbocycles. The minimum absolute atomic E-state index is 0.0779. The highest BCUT2D eigenvalue weighted by molar-refractivity contribution is 7.20. The molecule has 8 nitrogen and oxygen atoms in total. The number of nitrogens with zero attached hydrogens (tertiary/aromatic N) is 4. The second-order valence-corrected chi connectivity index (χ2v) is 11.0. The van der Waals surface area contributed by atoms with Crippen LogP contribution in [0.4, 0.5) is 10.9 Å². The van der Waals surface area contributed by atoms with Crippen LogP contribution in [0.5, 0.6) is 5.75 Å². The van der Waals surface area contributed by atoms with Crippen molar-refractivity contribution in [1.82, 2.24) is 19.9 Å². The van der Waals surface area contributed by atoms with Gasteiger partial charge in [0.15, 0.2) is 5.82 Å². The molecule has 2 N–H and O–H groups in total. The molecule has 4 rings (SSSR count). The zero-order valence-corrected chi connectivity index (χ0v) is 22.5.